The van der Waals surface area contributed by atoms with Crippen molar-refractivity contribution in [3.05, 3.63) is 30.0 Å². The molecule has 0 bridgehead atoms. The van der Waals surface area contributed by atoms with Gasteiger partial charge in [0.1, 0.15) is 5.75 Å². The number of nitrogen functional groups attached to an aromatic ring is 1. The normalized spacial score (nSPS) is 10.3. The molecule has 0 saturated carbocycles. The van der Waals surface area contributed by atoms with E-state index in [4.69, 9.17) is 10.6 Å². The van der Waals surface area contributed by atoms with Gasteiger partial charge in [0, 0.05) is 17.1 Å². The number of amides is 1. The molecule has 1 aromatic heterocycles. The molecule has 0 aliphatic carbocycles. The smallest absolute Gasteiger partial charge is 0.267 e. The summed E-state index contributed by atoms with van der Waals surface area (Å²) in [7, 11) is 1.58. The van der Waals surface area contributed by atoms with E-state index in [0.29, 0.717) is 11.3 Å². The highest BCUT2D eigenvalue weighted by Gasteiger charge is 2.10. The number of aromatic nitrogens is 1. The van der Waals surface area contributed by atoms with E-state index in [0.717, 1.165) is 10.9 Å². The number of hydrogen-bond acceptors (Lipinski definition) is 3. The number of aromatic amines is 1. The van der Waals surface area contributed by atoms with Gasteiger partial charge in [-0.05, 0) is 18.2 Å². The Kier molecular flexibility index (Phi) is 2.31. The van der Waals surface area contributed by atoms with Gasteiger partial charge in [0.15, 0.2) is 0 Å². The highest BCUT2D eigenvalue weighted by atomic mass is 16.5. The minimum Gasteiger partial charge on any atom is -0.497 e. The lowest BCUT2D eigenvalue weighted by molar-refractivity contribution is 0.0955. The minimum atomic E-state index is -0.325. The number of methoxy groups -OCH3 is 1. The molecule has 2 aromatic rings. The lowest BCUT2D eigenvalue weighted by atomic mass is 10.1. The van der Waals surface area contributed by atoms with Gasteiger partial charge in [-0.15, -0.1) is 0 Å². The van der Waals surface area contributed by atoms with Crippen molar-refractivity contribution in [2.45, 2.75) is 0 Å². The van der Waals surface area contributed by atoms with E-state index in [1.807, 2.05) is 12.1 Å². The first-order chi connectivity index (χ1) is 7.26. The Balaban J connectivity index is 2.61. The van der Waals surface area contributed by atoms with Crippen molar-refractivity contribution in [3.63, 3.8) is 0 Å². The number of carbonyl (C=O) groups is 1. The quantitative estimate of drug-likeness (QED) is 0.385. The van der Waals surface area contributed by atoms with Crippen LogP contribution >= 0.6 is 0 Å². The molecule has 0 saturated heterocycles. The van der Waals surface area contributed by atoms with Gasteiger partial charge in [-0.25, -0.2) is 5.84 Å². The van der Waals surface area contributed by atoms with Crippen LogP contribution in [0.25, 0.3) is 10.9 Å². The Bertz CT molecular complexity index is 504. The fourth-order valence-corrected chi connectivity index (χ4v) is 1.49. The lowest BCUT2D eigenvalue weighted by Gasteiger charge is -2.00. The molecule has 1 heterocycles. The fourth-order valence-electron chi connectivity index (χ4n) is 1.49. The van der Waals surface area contributed by atoms with Gasteiger partial charge >= 0.3 is 0 Å². The molecular formula is C10H11N3O2. The second-order valence-corrected chi connectivity index (χ2v) is 3.09. The maximum absolute atomic E-state index is 11.4. The average molecular weight is 205 g/mol. The molecule has 15 heavy (non-hydrogen) atoms. The van der Waals surface area contributed by atoms with Crippen molar-refractivity contribution in [2.24, 2.45) is 5.84 Å². The SMILES string of the molecule is COc1ccc2[nH]cc(C(=O)NN)c2c1. The number of nitrogens with one attached hydrogen (secondary N) is 2. The summed E-state index contributed by atoms with van der Waals surface area (Å²) in [5.41, 5.74) is 3.47. The number of carbonyl (C=O) groups excluding carboxylic acids is 1. The van der Waals surface area contributed by atoms with Crippen LogP contribution in [-0.4, -0.2) is 18.0 Å². The molecule has 0 atom stereocenters. The second-order valence-electron chi connectivity index (χ2n) is 3.09. The molecular weight excluding hydrogens is 194 g/mol. The van der Waals surface area contributed by atoms with Gasteiger partial charge in [0.05, 0.1) is 12.7 Å². The van der Waals surface area contributed by atoms with E-state index in [2.05, 4.69) is 10.4 Å². The molecule has 0 aliphatic rings. The molecule has 0 radical (unpaired) electrons. The van der Waals surface area contributed by atoms with Crippen LogP contribution in [0.1, 0.15) is 10.4 Å². The van der Waals surface area contributed by atoms with E-state index in [9.17, 15) is 4.79 Å². The Labute approximate surface area is 86.2 Å². The van der Waals surface area contributed by atoms with Crippen LogP contribution in [0, 0.1) is 0 Å². The number of ether oxygens (including phenoxy) is 1. The van der Waals surface area contributed by atoms with Crippen molar-refractivity contribution in [3.8, 4) is 5.75 Å². The number of benzene rings is 1. The third kappa shape index (κ3) is 1.53. The van der Waals surface area contributed by atoms with E-state index < -0.39 is 0 Å². The monoisotopic (exact) mass is 205 g/mol. The molecule has 78 valence electrons. The summed E-state index contributed by atoms with van der Waals surface area (Å²) in [4.78, 5) is 14.4. The maximum Gasteiger partial charge on any atom is 0.267 e. The Morgan fingerprint density at radius 3 is 3.00 bits per heavy atom. The van der Waals surface area contributed by atoms with Gasteiger partial charge < -0.3 is 9.72 Å². The minimum absolute atomic E-state index is 0.325. The van der Waals surface area contributed by atoms with Crippen LogP contribution in [-0.2, 0) is 0 Å². The number of nitrogens with two attached hydrogens (primary N) is 1. The topological polar surface area (TPSA) is 80.1 Å². The summed E-state index contributed by atoms with van der Waals surface area (Å²) < 4.78 is 5.08. The molecule has 5 heteroatoms. The zero-order valence-electron chi connectivity index (χ0n) is 8.20. The van der Waals surface area contributed by atoms with Crippen LogP contribution in [0.5, 0.6) is 5.75 Å². The second kappa shape index (κ2) is 3.62. The van der Waals surface area contributed by atoms with Gasteiger partial charge in [-0.3, -0.25) is 10.2 Å². The first kappa shape index (κ1) is 9.54. The van der Waals surface area contributed by atoms with E-state index in [1.165, 1.54) is 0 Å². The molecule has 0 unspecified atom stereocenters. The van der Waals surface area contributed by atoms with Crippen molar-refractivity contribution in [1.29, 1.82) is 0 Å². The zero-order chi connectivity index (χ0) is 10.8. The number of rotatable bonds is 2. The van der Waals surface area contributed by atoms with Crippen LogP contribution in [0.4, 0.5) is 0 Å². The van der Waals surface area contributed by atoms with Crippen LogP contribution in [0.15, 0.2) is 24.4 Å². The third-order valence-corrected chi connectivity index (χ3v) is 2.26. The van der Waals surface area contributed by atoms with Gasteiger partial charge in [0.25, 0.3) is 5.91 Å². The van der Waals surface area contributed by atoms with Gasteiger partial charge in [-0.2, -0.15) is 0 Å². The van der Waals surface area contributed by atoms with Crippen LogP contribution in [0.2, 0.25) is 0 Å². The first-order valence-corrected chi connectivity index (χ1v) is 4.42. The van der Waals surface area contributed by atoms with Crippen LogP contribution in [0.3, 0.4) is 0 Å². The Hall–Kier alpha value is -2.01. The first-order valence-electron chi connectivity index (χ1n) is 4.42. The molecule has 1 aromatic carbocycles. The molecule has 1 amide bonds. The summed E-state index contributed by atoms with van der Waals surface area (Å²) in [5.74, 6) is 5.46. The molecule has 5 nitrogen and oxygen atoms in total. The number of fused-ring (bicyclic) bond motifs is 1. The maximum atomic E-state index is 11.4. The summed E-state index contributed by atoms with van der Waals surface area (Å²) in [6.07, 6.45) is 1.62. The molecule has 0 aliphatic heterocycles. The van der Waals surface area contributed by atoms with E-state index >= 15 is 0 Å². The number of hydrogen-bond donors (Lipinski definition) is 3. The largest absolute Gasteiger partial charge is 0.497 e. The van der Waals surface area contributed by atoms with Crippen molar-refractivity contribution in [1.82, 2.24) is 10.4 Å². The average Bonchev–Trinajstić information content (AvgIpc) is 2.70. The zero-order valence-corrected chi connectivity index (χ0v) is 8.20. The summed E-state index contributed by atoms with van der Waals surface area (Å²) in [6, 6.07) is 5.46. The molecule has 0 fully saturated rings. The summed E-state index contributed by atoms with van der Waals surface area (Å²) >= 11 is 0. The lowest BCUT2D eigenvalue weighted by Crippen LogP contribution is -2.29. The van der Waals surface area contributed by atoms with Crippen molar-refractivity contribution < 1.29 is 9.53 Å². The summed E-state index contributed by atoms with van der Waals surface area (Å²) in [5, 5.41) is 0.789. The predicted molar refractivity (Wildman–Crippen MR) is 56.5 cm³/mol. The third-order valence-electron chi connectivity index (χ3n) is 2.26. The van der Waals surface area contributed by atoms with Crippen molar-refractivity contribution >= 4 is 16.8 Å². The standard InChI is InChI=1S/C10H11N3O2/c1-15-6-2-3-9-7(4-6)8(5-12-9)10(14)13-11/h2-5,12H,11H2,1H3,(H,13,14). The Morgan fingerprint density at radius 1 is 1.53 bits per heavy atom. The fraction of sp³-hybridized carbons (Fsp3) is 0.100. The van der Waals surface area contributed by atoms with Gasteiger partial charge in [-0.1, -0.05) is 0 Å². The van der Waals surface area contributed by atoms with E-state index in [-0.39, 0.29) is 5.91 Å². The number of H-pyrrole nitrogens is 1. The van der Waals surface area contributed by atoms with E-state index in [1.54, 1.807) is 19.4 Å². The Morgan fingerprint density at radius 2 is 2.33 bits per heavy atom. The van der Waals surface area contributed by atoms with Gasteiger partial charge in [0.2, 0.25) is 0 Å². The predicted octanol–water partition coefficient (Wildman–Crippen LogP) is 0.780. The molecule has 4 N–H and O–H groups in total. The van der Waals surface area contributed by atoms with Crippen molar-refractivity contribution in [2.75, 3.05) is 7.11 Å². The summed E-state index contributed by atoms with van der Waals surface area (Å²) in [6.45, 7) is 0. The highest BCUT2D eigenvalue weighted by Crippen LogP contribution is 2.23. The van der Waals surface area contributed by atoms with Crippen LogP contribution < -0.4 is 16.0 Å². The number of hydrazine groups is 1. The highest BCUT2D eigenvalue weighted by molar-refractivity contribution is 6.06. The molecule has 0 spiro atoms. The molecule has 2 rings (SSSR count).